The number of nitrogens with zero attached hydrogens (tertiary/aromatic N) is 5. The number of nitrogens with one attached hydrogen (secondary N) is 1. The summed E-state index contributed by atoms with van der Waals surface area (Å²) in [6.07, 6.45) is 12.1. The highest BCUT2D eigenvalue weighted by molar-refractivity contribution is 5.63. The molecule has 0 amide bonds. The zero-order valence-electron chi connectivity index (χ0n) is 14.0. The van der Waals surface area contributed by atoms with E-state index in [1.165, 1.54) is 12.8 Å². The monoisotopic (exact) mass is 326 g/mol. The van der Waals surface area contributed by atoms with Gasteiger partial charge in [0.25, 0.3) is 0 Å². The Morgan fingerprint density at radius 3 is 2.96 bits per heavy atom. The number of fused-ring (bicyclic) bond motifs is 1. The zero-order chi connectivity index (χ0) is 16.5. The van der Waals surface area contributed by atoms with E-state index in [1.54, 1.807) is 17.1 Å². The molecule has 1 saturated carbocycles. The lowest BCUT2D eigenvalue weighted by molar-refractivity contribution is 0.133. The molecule has 7 nitrogen and oxygen atoms in total. The summed E-state index contributed by atoms with van der Waals surface area (Å²) >= 11 is 0. The number of ether oxygens (including phenoxy) is 1. The highest BCUT2D eigenvalue weighted by Gasteiger charge is 2.23. The van der Waals surface area contributed by atoms with Crippen molar-refractivity contribution >= 4 is 5.52 Å². The fraction of sp³-hybridized carbons (Fsp3) is 0.471. The van der Waals surface area contributed by atoms with E-state index in [-0.39, 0.29) is 6.10 Å². The minimum atomic E-state index is 0.187. The van der Waals surface area contributed by atoms with E-state index >= 15 is 0 Å². The summed E-state index contributed by atoms with van der Waals surface area (Å²) in [5, 5.41) is 11.9. The normalized spacial score (nSPS) is 21.2. The summed E-state index contributed by atoms with van der Waals surface area (Å²) in [5.41, 5.74) is 2.67. The molecule has 4 rings (SSSR count). The maximum Gasteiger partial charge on any atom is 0.240 e. The first-order valence-electron chi connectivity index (χ1n) is 8.40. The number of aryl methyl sites for hydroxylation is 1. The summed E-state index contributed by atoms with van der Waals surface area (Å²) in [4.78, 5) is 4.74. The molecule has 0 saturated heterocycles. The van der Waals surface area contributed by atoms with Gasteiger partial charge in [-0.2, -0.15) is 10.2 Å². The molecular formula is C17H22N6O. The van der Waals surface area contributed by atoms with Crippen molar-refractivity contribution in [1.82, 2.24) is 29.7 Å². The Bertz CT molecular complexity index is 839. The summed E-state index contributed by atoms with van der Waals surface area (Å²) in [6, 6.07) is 2.46. The van der Waals surface area contributed by atoms with Crippen LogP contribution >= 0.6 is 0 Å². The van der Waals surface area contributed by atoms with Crippen LogP contribution in [0.5, 0.6) is 5.88 Å². The summed E-state index contributed by atoms with van der Waals surface area (Å²) in [7, 11) is 3.91. The molecule has 0 aliphatic heterocycles. The second-order valence-corrected chi connectivity index (χ2v) is 6.39. The van der Waals surface area contributed by atoms with Crippen LogP contribution in [-0.2, 0) is 7.05 Å². The van der Waals surface area contributed by atoms with E-state index in [1.807, 2.05) is 37.1 Å². The molecule has 24 heavy (non-hydrogen) atoms. The molecule has 1 aliphatic carbocycles. The number of aromatic nitrogens is 5. The van der Waals surface area contributed by atoms with Crippen molar-refractivity contribution in [3.05, 3.63) is 30.9 Å². The fourth-order valence-corrected chi connectivity index (χ4v) is 3.35. The summed E-state index contributed by atoms with van der Waals surface area (Å²) in [6.45, 7) is 0. The largest absolute Gasteiger partial charge is 0.473 e. The predicted octanol–water partition coefficient (Wildman–Crippen LogP) is 2.04. The highest BCUT2D eigenvalue weighted by Crippen LogP contribution is 2.28. The zero-order valence-corrected chi connectivity index (χ0v) is 14.0. The van der Waals surface area contributed by atoms with Crippen LogP contribution in [0.15, 0.2) is 30.9 Å². The van der Waals surface area contributed by atoms with Gasteiger partial charge in [0.15, 0.2) is 0 Å². The maximum atomic E-state index is 6.29. The average Bonchev–Trinajstić information content (AvgIpc) is 3.23. The van der Waals surface area contributed by atoms with Gasteiger partial charge in [0.05, 0.1) is 24.3 Å². The van der Waals surface area contributed by atoms with Crippen molar-refractivity contribution in [2.45, 2.75) is 37.8 Å². The van der Waals surface area contributed by atoms with Crippen LogP contribution in [-0.4, -0.2) is 43.6 Å². The summed E-state index contributed by atoms with van der Waals surface area (Å²) < 4.78 is 9.88. The molecule has 0 radical (unpaired) electrons. The van der Waals surface area contributed by atoms with Crippen LogP contribution < -0.4 is 10.1 Å². The fourth-order valence-electron chi connectivity index (χ4n) is 3.35. The van der Waals surface area contributed by atoms with Gasteiger partial charge >= 0.3 is 0 Å². The van der Waals surface area contributed by atoms with E-state index in [0.29, 0.717) is 11.9 Å². The second kappa shape index (κ2) is 6.24. The van der Waals surface area contributed by atoms with Crippen LogP contribution in [0.3, 0.4) is 0 Å². The lowest BCUT2D eigenvalue weighted by Gasteiger charge is -2.29. The number of rotatable bonds is 4. The Hall–Kier alpha value is -2.41. The molecule has 1 N–H and O–H groups in total. The third kappa shape index (κ3) is 2.87. The van der Waals surface area contributed by atoms with Crippen LogP contribution in [0.4, 0.5) is 0 Å². The van der Waals surface area contributed by atoms with Crippen molar-refractivity contribution < 1.29 is 4.74 Å². The van der Waals surface area contributed by atoms with Gasteiger partial charge in [-0.3, -0.25) is 4.68 Å². The molecule has 3 heterocycles. The first-order chi connectivity index (χ1) is 11.7. The van der Waals surface area contributed by atoms with Gasteiger partial charge in [0, 0.05) is 24.8 Å². The average molecular weight is 326 g/mol. The predicted molar refractivity (Wildman–Crippen MR) is 90.9 cm³/mol. The topological polar surface area (TPSA) is 69.3 Å². The van der Waals surface area contributed by atoms with Gasteiger partial charge in [0.2, 0.25) is 5.88 Å². The minimum Gasteiger partial charge on any atom is -0.473 e. The van der Waals surface area contributed by atoms with Crippen molar-refractivity contribution in [1.29, 1.82) is 0 Å². The molecule has 0 bridgehead atoms. The Morgan fingerprint density at radius 1 is 1.25 bits per heavy atom. The third-order valence-corrected chi connectivity index (χ3v) is 4.67. The van der Waals surface area contributed by atoms with Gasteiger partial charge in [-0.1, -0.05) is 0 Å². The number of hydrogen-bond acceptors (Lipinski definition) is 5. The Labute approximate surface area is 140 Å². The third-order valence-electron chi connectivity index (χ3n) is 4.67. The van der Waals surface area contributed by atoms with Gasteiger partial charge in [-0.15, -0.1) is 0 Å². The van der Waals surface area contributed by atoms with Crippen molar-refractivity contribution in [3.8, 4) is 17.1 Å². The molecule has 0 unspecified atom stereocenters. The quantitative estimate of drug-likeness (QED) is 0.794. The van der Waals surface area contributed by atoms with Crippen molar-refractivity contribution in [3.63, 3.8) is 0 Å². The van der Waals surface area contributed by atoms with Crippen molar-refractivity contribution in [2.75, 3.05) is 7.05 Å². The molecule has 0 aromatic carbocycles. The summed E-state index contributed by atoms with van der Waals surface area (Å²) in [5.74, 6) is 0.649. The van der Waals surface area contributed by atoms with Gasteiger partial charge in [-0.25, -0.2) is 9.50 Å². The van der Waals surface area contributed by atoms with E-state index in [4.69, 9.17) is 9.72 Å². The van der Waals surface area contributed by atoms with Crippen LogP contribution in [0, 0.1) is 0 Å². The van der Waals surface area contributed by atoms with Crippen LogP contribution in [0.1, 0.15) is 25.7 Å². The smallest absolute Gasteiger partial charge is 0.240 e. The Morgan fingerprint density at radius 2 is 2.17 bits per heavy atom. The van der Waals surface area contributed by atoms with Crippen LogP contribution in [0.25, 0.3) is 16.8 Å². The van der Waals surface area contributed by atoms with E-state index < -0.39 is 0 Å². The SMILES string of the molecule is CN[C@H]1CCC[C@@H](Oc2nc(-c3cnn(C)c3)cn3nccc23)C1. The standard InChI is InChI=1S/C17H22N6O/c1-18-13-4-3-5-14(8-13)24-17-16-6-7-19-23(16)11-15(21-17)12-9-20-22(2)10-12/h6-7,9-11,13-14,18H,3-5,8H2,1-2H3/t13-,14+/m0/s1. The molecule has 126 valence electrons. The van der Waals surface area contributed by atoms with E-state index in [9.17, 15) is 0 Å². The minimum absolute atomic E-state index is 0.187. The Balaban J connectivity index is 1.67. The molecular weight excluding hydrogens is 304 g/mol. The second-order valence-electron chi connectivity index (χ2n) is 6.39. The first kappa shape index (κ1) is 15.1. The van der Waals surface area contributed by atoms with E-state index in [0.717, 1.165) is 29.6 Å². The molecule has 2 atom stereocenters. The van der Waals surface area contributed by atoms with Crippen LogP contribution in [0.2, 0.25) is 0 Å². The lowest BCUT2D eigenvalue weighted by Crippen LogP contribution is -2.36. The van der Waals surface area contributed by atoms with Gasteiger partial charge < -0.3 is 10.1 Å². The maximum absolute atomic E-state index is 6.29. The van der Waals surface area contributed by atoms with Gasteiger partial charge in [-0.05, 0) is 38.8 Å². The Kier molecular flexibility index (Phi) is 3.93. The van der Waals surface area contributed by atoms with Gasteiger partial charge in [0.1, 0.15) is 11.6 Å². The molecule has 7 heteroatoms. The van der Waals surface area contributed by atoms with Crippen molar-refractivity contribution in [2.24, 2.45) is 7.05 Å². The highest BCUT2D eigenvalue weighted by atomic mass is 16.5. The number of hydrogen-bond donors (Lipinski definition) is 1. The molecule has 1 aliphatic rings. The first-order valence-corrected chi connectivity index (χ1v) is 8.40. The lowest BCUT2D eigenvalue weighted by atomic mass is 9.93. The molecule has 3 aromatic heterocycles. The van der Waals surface area contributed by atoms with E-state index in [2.05, 4.69) is 15.5 Å². The molecule has 1 fully saturated rings. The molecule has 3 aromatic rings. The molecule has 0 spiro atoms.